The van der Waals surface area contributed by atoms with E-state index in [2.05, 4.69) is 0 Å². The van der Waals surface area contributed by atoms with Gasteiger partial charge in [-0.25, -0.2) is 0 Å². The molecule has 0 heterocycles. The van der Waals surface area contributed by atoms with Gasteiger partial charge in [0.1, 0.15) is 0 Å². The molecule has 0 aromatic heterocycles. The normalized spacial score (nSPS) is 1.50. The van der Waals surface area contributed by atoms with Gasteiger partial charge in [-0.05, 0) is 0 Å². The van der Waals surface area contributed by atoms with E-state index in [4.69, 9.17) is 10.5 Å². The summed E-state index contributed by atoms with van der Waals surface area (Å²) in [5.41, 5.74) is 0. The summed E-state index contributed by atoms with van der Waals surface area (Å²) in [5, 5.41) is 12.0. The Morgan fingerprint density at radius 2 is 1.25 bits per heavy atom. The van der Waals surface area contributed by atoms with Crippen molar-refractivity contribution < 1.29 is 61.0 Å². The quantitative estimate of drug-likeness (QED) is 0.226. The van der Waals surface area contributed by atoms with Crippen LogP contribution >= 0.6 is 0 Å². The van der Waals surface area contributed by atoms with Gasteiger partial charge in [0, 0.05) is 19.5 Å². The van der Waals surface area contributed by atoms with Crippen molar-refractivity contribution in [1.29, 1.82) is 0 Å². The summed E-state index contributed by atoms with van der Waals surface area (Å²) in [5.74, 6) is 0. The average Bonchev–Trinajstić information content (AvgIpc) is 1.00. The largest absolute Gasteiger partial charge is 1.00 e. The molecule has 0 radical (unpaired) electrons. The van der Waals surface area contributed by atoms with Gasteiger partial charge in [0.25, 0.3) is 0 Å². The molecule has 0 aliphatic rings. The van der Waals surface area contributed by atoms with Crippen molar-refractivity contribution >= 4 is 0 Å². The van der Waals surface area contributed by atoms with E-state index in [9.17, 15) is 0 Å². The number of rotatable bonds is 0. The SMILES string of the molecule is OO.[H-].[Na+].[Ru]. The summed E-state index contributed by atoms with van der Waals surface area (Å²) >= 11 is 0. The minimum absolute atomic E-state index is 0. The minimum Gasteiger partial charge on any atom is -1.00 e. The van der Waals surface area contributed by atoms with Gasteiger partial charge in [-0.2, -0.15) is 0 Å². The zero-order valence-corrected chi connectivity index (χ0v) is 5.99. The van der Waals surface area contributed by atoms with E-state index in [1.165, 1.54) is 0 Å². The Morgan fingerprint density at radius 3 is 1.25 bits per heavy atom. The molecule has 0 bridgehead atoms. The molecule has 0 amide bonds. The molecule has 0 saturated heterocycles. The van der Waals surface area contributed by atoms with Crippen LogP contribution in [0, 0.1) is 0 Å². The summed E-state index contributed by atoms with van der Waals surface area (Å²) in [6.07, 6.45) is 0. The van der Waals surface area contributed by atoms with E-state index in [1.807, 2.05) is 0 Å². The van der Waals surface area contributed by atoms with Crippen LogP contribution in [0.15, 0.2) is 0 Å². The first-order valence-corrected chi connectivity index (χ1v) is 0.200. The fourth-order valence-electron chi connectivity index (χ4n) is 0. The van der Waals surface area contributed by atoms with E-state index in [-0.39, 0.29) is 50.5 Å². The molecule has 0 unspecified atom stereocenters. The van der Waals surface area contributed by atoms with Crippen LogP contribution in [0.3, 0.4) is 0 Å². The van der Waals surface area contributed by atoms with E-state index in [0.717, 1.165) is 0 Å². The van der Waals surface area contributed by atoms with Crippen LogP contribution in [-0.4, -0.2) is 10.5 Å². The fourth-order valence-corrected chi connectivity index (χ4v) is 0. The second kappa shape index (κ2) is 23.9. The first kappa shape index (κ1) is 17.7. The van der Waals surface area contributed by atoms with E-state index in [1.54, 1.807) is 0 Å². The maximum Gasteiger partial charge on any atom is 1.00 e. The maximum absolute atomic E-state index is 6.00. The molecule has 0 saturated carbocycles. The van der Waals surface area contributed by atoms with Gasteiger partial charge < -0.3 is 1.43 Å². The van der Waals surface area contributed by atoms with Crippen molar-refractivity contribution in [2.75, 3.05) is 0 Å². The summed E-state index contributed by atoms with van der Waals surface area (Å²) in [6.45, 7) is 0. The average molecular weight is 159 g/mol. The predicted octanol–water partition coefficient (Wildman–Crippen LogP) is -2.87. The molecular weight excluding hydrogens is 156 g/mol. The molecule has 2 N–H and O–H groups in total. The Balaban J connectivity index is -0.00000000167. The number of hydrogen-bond donors (Lipinski definition) is 2. The molecule has 0 aromatic rings. The predicted molar refractivity (Wildman–Crippen MR) is 6.37 cm³/mol. The minimum atomic E-state index is 0. The van der Waals surface area contributed by atoms with Crippen molar-refractivity contribution in [2.45, 2.75) is 0 Å². The monoisotopic (exact) mass is 160 g/mol. The molecule has 24 valence electrons. The van der Waals surface area contributed by atoms with Crippen LogP contribution < -0.4 is 29.6 Å². The molecule has 0 spiro atoms. The van der Waals surface area contributed by atoms with Gasteiger partial charge >= 0.3 is 29.6 Å². The van der Waals surface area contributed by atoms with E-state index >= 15 is 0 Å². The molecule has 2 nitrogen and oxygen atoms in total. The molecule has 0 rings (SSSR count). The third-order valence-electron chi connectivity index (χ3n) is 0. The molecular formula is H3NaO2Ru. The van der Waals surface area contributed by atoms with Gasteiger partial charge in [0.2, 0.25) is 0 Å². The zero-order chi connectivity index (χ0) is 2.00. The number of hydrogen-bond acceptors (Lipinski definition) is 2. The molecule has 0 aromatic carbocycles. The van der Waals surface area contributed by atoms with Crippen molar-refractivity contribution in [1.82, 2.24) is 0 Å². The summed E-state index contributed by atoms with van der Waals surface area (Å²) < 4.78 is 0. The van der Waals surface area contributed by atoms with Crippen molar-refractivity contribution in [2.24, 2.45) is 0 Å². The van der Waals surface area contributed by atoms with Gasteiger partial charge in [-0.15, -0.1) is 0 Å². The summed E-state index contributed by atoms with van der Waals surface area (Å²) in [4.78, 5) is 0. The molecule has 4 heteroatoms. The third-order valence-corrected chi connectivity index (χ3v) is 0. The second-order valence-electron chi connectivity index (χ2n) is 0. The maximum atomic E-state index is 6.00. The van der Waals surface area contributed by atoms with E-state index in [0.29, 0.717) is 0 Å². The standard InChI is InChI=1S/Na.H2O2.Ru.H/c;1-2;;/h;1-2H;;/q+1;;;-1. The molecule has 0 fully saturated rings. The molecule has 0 aliphatic carbocycles. The van der Waals surface area contributed by atoms with Crippen LogP contribution in [0.25, 0.3) is 0 Å². The summed E-state index contributed by atoms with van der Waals surface area (Å²) in [6, 6.07) is 0. The topological polar surface area (TPSA) is 40.5 Å². The van der Waals surface area contributed by atoms with Gasteiger partial charge in [-0.1, -0.05) is 0 Å². The Hall–Kier alpha value is 1.54. The second-order valence-corrected chi connectivity index (χ2v) is 0. The Bertz CT molecular complexity index is 9.61. The van der Waals surface area contributed by atoms with Crippen molar-refractivity contribution in [3.8, 4) is 0 Å². The Kier molecular flexibility index (Phi) is 106. The van der Waals surface area contributed by atoms with Crippen LogP contribution in [-0.2, 0) is 19.5 Å². The molecule has 0 atom stereocenters. The smallest absolute Gasteiger partial charge is 1.00 e. The zero-order valence-electron chi connectivity index (χ0n) is 3.25. The fraction of sp³-hybridized carbons (Fsp3) is 0. The third kappa shape index (κ3) is 9.62. The Labute approximate surface area is 60.7 Å². The van der Waals surface area contributed by atoms with Crippen molar-refractivity contribution in [3.63, 3.8) is 0 Å². The first-order valence-electron chi connectivity index (χ1n) is 0.200. The van der Waals surface area contributed by atoms with E-state index < -0.39 is 0 Å². The van der Waals surface area contributed by atoms with Crippen LogP contribution in [0.5, 0.6) is 0 Å². The summed E-state index contributed by atoms with van der Waals surface area (Å²) in [7, 11) is 0. The van der Waals surface area contributed by atoms with Crippen molar-refractivity contribution in [3.05, 3.63) is 0 Å². The van der Waals surface area contributed by atoms with Crippen LogP contribution in [0.4, 0.5) is 0 Å². The molecule has 4 heavy (non-hydrogen) atoms. The van der Waals surface area contributed by atoms with Gasteiger partial charge in [0.15, 0.2) is 0 Å². The van der Waals surface area contributed by atoms with Crippen LogP contribution in [0.1, 0.15) is 1.43 Å². The Morgan fingerprint density at radius 1 is 1.25 bits per heavy atom. The van der Waals surface area contributed by atoms with Crippen LogP contribution in [0.2, 0.25) is 0 Å². The first-order chi connectivity index (χ1) is 1.00. The van der Waals surface area contributed by atoms with Gasteiger partial charge in [-0.3, -0.25) is 10.5 Å². The molecule has 0 aliphatic heterocycles. The van der Waals surface area contributed by atoms with Gasteiger partial charge in [0.05, 0.1) is 0 Å².